The van der Waals surface area contributed by atoms with Gasteiger partial charge in [-0.2, -0.15) is 4.98 Å². The van der Waals surface area contributed by atoms with E-state index in [0.29, 0.717) is 0 Å². The Kier molecular flexibility index (Phi) is 6.40. The number of aryl methyl sites for hydroxylation is 1. The summed E-state index contributed by atoms with van der Waals surface area (Å²) >= 11 is 5.87. The first kappa shape index (κ1) is 25.4. The third-order valence-corrected chi connectivity index (χ3v) is 7.30. The number of rotatable bonds is 6. The third-order valence-electron chi connectivity index (χ3n) is 4.86. The molecule has 0 amide bonds. The van der Waals surface area contributed by atoms with E-state index in [1.807, 2.05) is 0 Å². The molecule has 4 rings (SSSR count). The van der Waals surface area contributed by atoms with Crippen LogP contribution in [-0.4, -0.2) is 54.7 Å². The van der Waals surface area contributed by atoms with Crippen molar-refractivity contribution in [2.24, 2.45) is 7.05 Å². The number of nitrogens with zero attached hydrogens (tertiary/aromatic N) is 5. The second-order valence-corrected chi connectivity index (χ2v) is 11.4. The molecule has 0 saturated carbocycles. The van der Waals surface area contributed by atoms with Gasteiger partial charge in [0.15, 0.2) is 10.5 Å². The number of nitrogens with one attached hydrogen (secondary N) is 1. The Morgan fingerprint density at radius 2 is 1.81 bits per heavy atom. The van der Waals surface area contributed by atoms with E-state index in [0.717, 1.165) is 41.3 Å². The number of hydrogen-bond donors (Lipinski definition) is 1. The Balaban J connectivity index is 1.83. The molecule has 36 heavy (non-hydrogen) atoms. The summed E-state index contributed by atoms with van der Waals surface area (Å²) in [7, 11) is -5.51. The van der Waals surface area contributed by atoms with Crippen LogP contribution in [0.1, 0.15) is 0 Å². The van der Waals surface area contributed by atoms with E-state index in [1.165, 1.54) is 20.4 Å². The van der Waals surface area contributed by atoms with Crippen molar-refractivity contribution >= 4 is 48.3 Å². The second kappa shape index (κ2) is 9.07. The number of halogens is 2. The largest absolute Gasteiger partial charge is 0.480 e. The van der Waals surface area contributed by atoms with Gasteiger partial charge in [0.2, 0.25) is 20.9 Å². The van der Waals surface area contributed by atoms with Gasteiger partial charge in [-0.05, 0) is 24.3 Å². The van der Waals surface area contributed by atoms with Gasteiger partial charge in [-0.3, -0.25) is 14.1 Å². The molecule has 0 atom stereocenters. The molecule has 12 nitrogen and oxygen atoms in total. The number of anilines is 1. The Hall–Kier alpha value is -3.69. The Morgan fingerprint density at radius 1 is 1.08 bits per heavy atom. The number of fused-ring (bicyclic) bond motifs is 1. The first-order valence-corrected chi connectivity index (χ1v) is 13.5. The van der Waals surface area contributed by atoms with Crippen molar-refractivity contribution in [3.05, 3.63) is 57.9 Å². The van der Waals surface area contributed by atoms with Gasteiger partial charge in [-0.15, -0.1) is 0 Å². The lowest BCUT2D eigenvalue weighted by Gasteiger charge is -2.13. The fraction of sp³-hybridized carbons (Fsp3) is 0.150. The minimum absolute atomic E-state index is 0.0135. The Bertz CT molecular complexity index is 1810. The number of benzene rings is 1. The molecule has 0 aliphatic carbocycles. The lowest BCUT2D eigenvalue weighted by Crippen LogP contribution is -2.23. The molecular formula is C20H16ClFN6O6S2. The SMILES string of the molecule is COc1ncc(Cl)cc1S(=O)(=O)Nc1ccc(F)c(-c2nc3cnc(S(C)(=O)=O)nc3n(C)c2=O)c1. The van der Waals surface area contributed by atoms with Crippen molar-refractivity contribution in [2.45, 2.75) is 10.1 Å². The highest BCUT2D eigenvalue weighted by Crippen LogP contribution is 2.29. The van der Waals surface area contributed by atoms with Gasteiger partial charge in [-0.25, -0.2) is 36.2 Å². The smallest absolute Gasteiger partial charge is 0.278 e. The molecule has 3 aromatic heterocycles. The Morgan fingerprint density at radius 3 is 2.47 bits per heavy atom. The summed E-state index contributed by atoms with van der Waals surface area (Å²) in [6, 6.07) is 4.31. The van der Waals surface area contributed by atoms with Gasteiger partial charge in [0, 0.05) is 30.8 Å². The summed E-state index contributed by atoms with van der Waals surface area (Å²) in [6.45, 7) is 0. The minimum atomic E-state index is -4.29. The molecule has 4 aromatic rings. The van der Waals surface area contributed by atoms with Crippen molar-refractivity contribution in [1.29, 1.82) is 0 Å². The van der Waals surface area contributed by atoms with E-state index < -0.39 is 36.4 Å². The maximum Gasteiger partial charge on any atom is 0.278 e. The number of hydrogen-bond acceptors (Lipinski definition) is 10. The van der Waals surface area contributed by atoms with Crippen LogP contribution >= 0.6 is 11.6 Å². The highest BCUT2D eigenvalue weighted by Gasteiger charge is 2.23. The molecule has 16 heteroatoms. The van der Waals surface area contributed by atoms with Gasteiger partial charge in [0.25, 0.3) is 15.6 Å². The van der Waals surface area contributed by atoms with Crippen molar-refractivity contribution in [3.63, 3.8) is 0 Å². The van der Waals surface area contributed by atoms with Crippen LogP contribution in [0.15, 0.2) is 51.5 Å². The summed E-state index contributed by atoms with van der Waals surface area (Å²) in [5, 5.41) is -0.464. The topological polar surface area (TPSA) is 163 Å². The zero-order valence-electron chi connectivity index (χ0n) is 18.7. The van der Waals surface area contributed by atoms with Gasteiger partial charge in [0.1, 0.15) is 17.0 Å². The number of ether oxygens (including phenoxy) is 1. The van der Waals surface area contributed by atoms with Gasteiger partial charge >= 0.3 is 0 Å². The molecule has 0 aliphatic rings. The highest BCUT2D eigenvalue weighted by atomic mass is 35.5. The minimum Gasteiger partial charge on any atom is -0.480 e. The van der Waals surface area contributed by atoms with Crippen LogP contribution in [0.3, 0.4) is 0 Å². The van der Waals surface area contributed by atoms with Crippen LogP contribution in [0.5, 0.6) is 5.88 Å². The molecule has 0 unspecified atom stereocenters. The molecule has 0 saturated heterocycles. The van der Waals surface area contributed by atoms with Crippen molar-refractivity contribution in [1.82, 2.24) is 24.5 Å². The maximum atomic E-state index is 14.8. The number of pyridine rings is 1. The van der Waals surface area contributed by atoms with E-state index >= 15 is 0 Å². The van der Waals surface area contributed by atoms with Crippen LogP contribution in [0.4, 0.5) is 10.1 Å². The first-order valence-electron chi connectivity index (χ1n) is 9.78. The van der Waals surface area contributed by atoms with E-state index in [-0.39, 0.29) is 43.9 Å². The zero-order valence-corrected chi connectivity index (χ0v) is 21.1. The maximum absolute atomic E-state index is 14.8. The van der Waals surface area contributed by atoms with Crippen molar-refractivity contribution in [3.8, 4) is 17.1 Å². The van der Waals surface area contributed by atoms with Gasteiger partial charge < -0.3 is 4.74 Å². The summed E-state index contributed by atoms with van der Waals surface area (Å²) in [6.07, 6.45) is 3.20. The predicted octanol–water partition coefficient (Wildman–Crippen LogP) is 1.79. The molecule has 188 valence electrons. The van der Waals surface area contributed by atoms with Gasteiger partial charge in [-0.1, -0.05) is 11.6 Å². The monoisotopic (exact) mass is 554 g/mol. The first-order chi connectivity index (χ1) is 16.8. The second-order valence-electron chi connectivity index (χ2n) is 7.42. The molecule has 1 N–H and O–H groups in total. The molecule has 0 fully saturated rings. The third kappa shape index (κ3) is 4.72. The van der Waals surface area contributed by atoms with Gasteiger partial charge in [0.05, 0.1) is 18.3 Å². The van der Waals surface area contributed by atoms with E-state index in [2.05, 4.69) is 24.7 Å². The average molecular weight is 555 g/mol. The summed E-state index contributed by atoms with van der Waals surface area (Å²) in [4.78, 5) is 28.2. The molecular weight excluding hydrogens is 539 g/mol. The quantitative estimate of drug-likeness (QED) is 0.347. The summed E-state index contributed by atoms with van der Waals surface area (Å²) in [5.41, 5.74) is -1.67. The van der Waals surface area contributed by atoms with Crippen LogP contribution in [0.25, 0.3) is 22.4 Å². The fourth-order valence-electron chi connectivity index (χ4n) is 3.19. The molecule has 0 aliphatic heterocycles. The number of methoxy groups -OCH3 is 1. The van der Waals surface area contributed by atoms with Crippen LogP contribution in [0.2, 0.25) is 5.02 Å². The van der Waals surface area contributed by atoms with Crippen LogP contribution in [-0.2, 0) is 26.9 Å². The Labute approximate surface area is 208 Å². The van der Waals surface area contributed by atoms with Crippen LogP contribution in [0, 0.1) is 5.82 Å². The van der Waals surface area contributed by atoms with Crippen LogP contribution < -0.4 is 15.0 Å². The summed E-state index contributed by atoms with van der Waals surface area (Å²) < 4.78 is 72.4. The average Bonchev–Trinajstić information content (AvgIpc) is 2.81. The molecule has 0 bridgehead atoms. The molecule has 3 heterocycles. The van der Waals surface area contributed by atoms with E-state index in [9.17, 15) is 26.0 Å². The molecule has 0 radical (unpaired) electrons. The van der Waals surface area contributed by atoms with E-state index in [4.69, 9.17) is 16.3 Å². The zero-order chi connectivity index (χ0) is 26.4. The fourth-order valence-corrected chi connectivity index (χ4v) is 5.10. The standard InChI is InChI=1S/C20H16ClFN6O6S2/c1-28-17-14(9-24-20(26-17)35(3,30)31)25-16(19(28)29)12-7-11(4-5-13(12)22)27-36(32,33)15-6-10(21)8-23-18(15)34-2/h4-9,27H,1-3H3. The molecule has 0 spiro atoms. The number of sulfone groups is 1. The lowest BCUT2D eigenvalue weighted by atomic mass is 10.1. The van der Waals surface area contributed by atoms with E-state index in [1.54, 1.807) is 0 Å². The molecule has 1 aromatic carbocycles. The predicted molar refractivity (Wildman–Crippen MR) is 128 cm³/mol. The lowest BCUT2D eigenvalue weighted by molar-refractivity contribution is 0.385. The summed E-state index contributed by atoms with van der Waals surface area (Å²) in [5.74, 6) is -1.08. The highest BCUT2D eigenvalue weighted by molar-refractivity contribution is 7.92. The number of aromatic nitrogens is 5. The van der Waals surface area contributed by atoms with Crippen molar-refractivity contribution in [2.75, 3.05) is 18.1 Å². The number of sulfonamides is 1. The van der Waals surface area contributed by atoms with Crippen molar-refractivity contribution < 1.29 is 26.0 Å². The normalized spacial score (nSPS) is 12.0.